The van der Waals surface area contributed by atoms with Gasteiger partial charge < -0.3 is 39.0 Å². The van der Waals surface area contributed by atoms with Crippen molar-refractivity contribution in [1.82, 2.24) is 0 Å². The van der Waals surface area contributed by atoms with E-state index in [1.54, 1.807) is 18.2 Å². The summed E-state index contributed by atoms with van der Waals surface area (Å²) in [5, 5.41) is 29.7. The van der Waals surface area contributed by atoms with Crippen molar-refractivity contribution in [3.8, 4) is 28.7 Å². The first-order valence-electron chi connectivity index (χ1n) is 9.59. The Morgan fingerprint density at radius 2 is 1.69 bits per heavy atom. The van der Waals surface area contributed by atoms with Crippen molar-refractivity contribution in [2.75, 3.05) is 26.4 Å². The lowest BCUT2D eigenvalue weighted by atomic mass is 9.93. The van der Waals surface area contributed by atoms with Crippen molar-refractivity contribution in [2.45, 2.75) is 30.8 Å². The van der Waals surface area contributed by atoms with Crippen LogP contribution in [-0.4, -0.2) is 60.1 Å². The van der Waals surface area contributed by atoms with Crippen molar-refractivity contribution in [2.24, 2.45) is 0 Å². The van der Waals surface area contributed by atoms with Crippen molar-refractivity contribution in [1.29, 1.82) is 0 Å². The Morgan fingerprint density at radius 3 is 2.41 bits per heavy atom. The number of phenolic OH excluding ortho intramolecular Hbond substituents is 3. The van der Waals surface area contributed by atoms with Crippen molar-refractivity contribution >= 4 is 0 Å². The zero-order chi connectivity index (χ0) is 20.0. The molecule has 4 atom stereocenters. The Bertz CT molecular complexity index is 906. The lowest BCUT2D eigenvalue weighted by Crippen LogP contribution is -2.34. The van der Waals surface area contributed by atoms with Gasteiger partial charge in [0.05, 0.1) is 19.8 Å². The average Bonchev–Trinajstić information content (AvgIpc) is 3.61. The molecule has 0 radical (unpaired) electrons. The first-order chi connectivity index (χ1) is 14.1. The molecular formula is C21H22O8. The minimum absolute atomic E-state index is 0.0357. The first kappa shape index (κ1) is 18.4. The highest BCUT2D eigenvalue weighted by atomic mass is 16.6. The molecule has 3 N–H and O–H groups in total. The first-order valence-corrected chi connectivity index (χ1v) is 9.59. The number of aromatic hydroxyl groups is 3. The fourth-order valence-electron chi connectivity index (χ4n) is 3.45. The molecule has 2 saturated heterocycles. The zero-order valence-corrected chi connectivity index (χ0v) is 15.6. The van der Waals surface area contributed by atoms with E-state index < -0.39 is 6.10 Å². The summed E-state index contributed by atoms with van der Waals surface area (Å²) in [4.78, 5) is 0. The predicted octanol–water partition coefficient (Wildman–Crippen LogP) is 2.04. The minimum atomic E-state index is -0.533. The maximum atomic E-state index is 10.1. The Kier molecular flexibility index (Phi) is 4.61. The Hall–Kier alpha value is -2.68. The van der Waals surface area contributed by atoms with Crippen molar-refractivity contribution < 1.29 is 39.0 Å². The van der Waals surface area contributed by atoms with Gasteiger partial charge in [0, 0.05) is 24.1 Å². The van der Waals surface area contributed by atoms with Crippen LogP contribution in [0.1, 0.15) is 17.2 Å². The third-order valence-corrected chi connectivity index (χ3v) is 5.20. The van der Waals surface area contributed by atoms with Gasteiger partial charge in [0.25, 0.3) is 0 Å². The summed E-state index contributed by atoms with van der Waals surface area (Å²) in [6.07, 6.45) is -0.221. The second kappa shape index (κ2) is 7.29. The third-order valence-electron chi connectivity index (χ3n) is 5.20. The van der Waals surface area contributed by atoms with Gasteiger partial charge in [-0.25, -0.2) is 0 Å². The highest BCUT2D eigenvalue weighted by molar-refractivity contribution is 5.52. The zero-order valence-electron chi connectivity index (χ0n) is 15.6. The molecule has 0 aromatic heterocycles. The molecule has 154 valence electrons. The van der Waals surface area contributed by atoms with Crippen LogP contribution in [0.15, 0.2) is 30.3 Å². The summed E-state index contributed by atoms with van der Waals surface area (Å²) in [6.45, 7) is 2.20. The van der Waals surface area contributed by atoms with E-state index in [1.807, 2.05) is 0 Å². The fourth-order valence-corrected chi connectivity index (χ4v) is 3.45. The fraction of sp³-hybridized carbons (Fsp3) is 0.429. The lowest BCUT2D eigenvalue weighted by Gasteiger charge is -2.34. The Morgan fingerprint density at radius 1 is 0.931 bits per heavy atom. The highest BCUT2D eigenvalue weighted by Crippen LogP contribution is 2.44. The number of epoxide rings is 2. The molecule has 0 aliphatic carbocycles. The van der Waals surface area contributed by atoms with Gasteiger partial charge in [-0.1, -0.05) is 6.07 Å². The van der Waals surface area contributed by atoms with Gasteiger partial charge in [0.15, 0.2) is 17.6 Å². The number of fused-ring (bicyclic) bond motifs is 1. The molecule has 2 aromatic rings. The third kappa shape index (κ3) is 4.05. The van der Waals surface area contributed by atoms with E-state index in [4.69, 9.17) is 23.7 Å². The maximum Gasteiger partial charge on any atom is 0.157 e. The molecular weight excluding hydrogens is 380 g/mol. The van der Waals surface area contributed by atoms with E-state index in [0.717, 1.165) is 5.56 Å². The summed E-state index contributed by atoms with van der Waals surface area (Å²) >= 11 is 0. The van der Waals surface area contributed by atoms with Gasteiger partial charge in [-0.05, 0) is 17.7 Å². The second-order valence-electron chi connectivity index (χ2n) is 7.50. The van der Waals surface area contributed by atoms with Crippen LogP contribution >= 0.6 is 0 Å². The average molecular weight is 402 g/mol. The van der Waals surface area contributed by atoms with Gasteiger partial charge in [-0.15, -0.1) is 0 Å². The van der Waals surface area contributed by atoms with Crippen LogP contribution < -0.4 is 9.47 Å². The molecule has 0 amide bonds. The molecule has 0 bridgehead atoms. The largest absolute Gasteiger partial charge is 0.508 e. The normalized spacial score (nSPS) is 27.0. The van der Waals surface area contributed by atoms with E-state index in [0.29, 0.717) is 49.9 Å². The van der Waals surface area contributed by atoms with Gasteiger partial charge >= 0.3 is 0 Å². The molecule has 0 saturated carbocycles. The van der Waals surface area contributed by atoms with E-state index >= 15 is 0 Å². The van der Waals surface area contributed by atoms with Gasteiger partial charge in [0.1, 0.15) is 42.2 Å². The van der Waals surface area contributed by atoms with Crippen LogP contribution in [0.5, 0.6) is 28.7 Å². The highest BCUT2D eigenvalue weighted by Gasteiger charge is 2.37. The van der Waals surface area contributed by atoms with Gasteiger partial charge in [-0.3, -0.25) is 0 Å². The Labute approximate surface area is 167 Å². The lowest BCUT2D eigenvalue weighted by molar-refractivity contribution is -0.0428. The summed E-state index contributed by atoms with van der Waals surface area (Å²) in [5.74, 6) is 0.638. The summed E-state index contributed by atoms with van der Waals surface area (Å²) in [6, 6.07) is 7.66. The van der Waals surface area contributed by atoms with Gasteiger partial charge in [-0.2, -0.15) is 0 Å². The molecule has 3 aliphatic heterocycles. The predicted molar refractivity (Wildman–Crippen MR) is 99.7 cm³/mol. The molecule has 3 aliphatic rings. The number of phenols is 3. The van der Waals surface area contributed by atoms with Crippen molar-refractivity contribution in [3.05, 3.63) is 41.5 Å². The Balaban J connectivity index is 1.45. The summed E-state index contributed by atoms with van der Waals surface area (Å²) in [5.41, 5.74) is 1.47. The van der Waals surface area contributed by atoms with E-state index in [9.17, 15) is 15.3 Å². The summed E-state index contributed by atoms with van der Waals surface area (Å²) in [7, 11) is 0. The summed E-state index contributed by atoms with van der Waals surface area (Å²) < 4.78 is 28.6. The van der Waals surface area contributed by atoms with Gasteiger partial charge in [0.2, 0.25) is 0 Å². The van der Waals surface area contributed by atoms with Crippen LogP contribution in [0.25, 0.3) is 0 Å². The quantitative estimate of drug-likeness (QED) is 0.476. The molecule has 29 heavy (non-hydrogen) atoms. The van der Waals surface area contributed by atoms with Crippen LogP contribution in [0, 0.1) is 0 Å². The van der Waals surface area contributed by atoms with E-state index in [2.05, 4.69) is 0 Å². The minimum Gasteiger partial charge on any atom is -0.508 e. The molecule has 8 heteroatoms. The van der Waals surface area contributed by atoms with Crippen LogP contribution in [0.4, 0.5) is 0 Å². The second-order valence-corrected chi connectivity index (χ2v) is 7.50. The SMILES string of the molecule is Oc1cc(OCC2CO2)c2c(c1)OC(c1ccc(O)c(O)c1)C(OCC1CO1)C2. The molecule has 4 unspecified atom stereocenters. The molecule has 8 nitrogen and oxygen atoms in total. The van der Waals surface area contributed by atoms with Crippen LogP contribution in [0.3, 0.4) is 0 Å². The topological polar surface area (TPSA) is 113 Å². The van der Waals surface area contributed by atoms with Crippen LogP contribution in [0.2, 0.25) is 0 Å². The molecule has 0 spiro atoms. The van der Waals surface area contributed by atoms with Crippen LogP contribution in [-0.2, 0) is 20.6 Å². The smallest absolute Gasteiger partial charge is 0.157 e. The number of rotatable bonds is 7. The van der Waals surface area contributed by atoms with E-state index in [-0.39, 0.29) is 35.6 Å². The number of ether oxygens (including phenoxy) is 5. The molecule has 3 heterocycles. The maximum absolute atomic E-state index is 10.1. The monoisotopic (exact) mass is 402 g/mol. The molecule has 2 fully saturated rings. The molecule has 5 rings (SSSR count). The molecule has 2 aromatic carbocycles. The number of hydrogen-bond donors (Lipinski definition) is 3. The standard InChI is InChI=1S/C21H22O8/c22-12-4-18(27-9-13-7-25-13)15-6-20(28-10-14-8-26-14)21(29-19(15)5-12)11-1-2-16(23)17(24)3-11/h1-5,13-14,20-24H,6-10H2. The van der Waals surface area contributed by atoms with Crippen molar-refractivity contribution in [3.63, 3.8) is 0 Å². The number of hydrogen-bond acceptors (Lipinski definition) is 8. The van der Waals surface area contributed by atoms with E-state index in [1.165, 1.54) is 12.1 Å². The number of benzene rings is 2.